The average Bonchev–Trinajstić information content (AvgIpc) is 2.19. The van der Waals surface area contributed by atoms with Gasteiger partial charge in [-0.25, -0.2) is 9.18 Å². The minimum absolute atomic E-state index is 0.333. The zero-order chi connectivity index (χ0) is 11.4. The lowest BCUT2D eigenvalue weighted by atomic mass is 10.2. The molecule has 0 heterocycles. The van der Waals surface area contributed by atoms with Gasteiger partial charge in [-0.1, -0.05) is 13.0 Å². The fourth-order valence-electron chi connectivity index (χ4n) is 1.22. The summed E-state index contributed by atoms with van der Waals surface area (Å²) < 4.78 is 13.1. The van der Waals surface area contributed by atoms with Crippen LogP contribution < -0.4 is 5.32 Å². The SMILES string of the molecule is CCC(Nc1ccc(C)c(F)c1)C(=O)O. The monoisotopic (exact) mass is 211 g/mol. The number of nitrogens with one attached hydrogen (secondary N) is 1. The molecule has 1 aromatic rings. The number of aliphatic carboxylic acids is 1. The van der Waals surface area contributed by atoms with Crippen molar-refractivity contribution >= 4 is 11.7 Å². The topological polar surface area (TPSA) is 49.3 Å². The molecule has 1 rings (SSSR count). The van der Waals surface area contributed by atoms with Gasteiger partial charge in [-0.15, -0.1) is 0 Å². The number of anilines is 1. The van der Waals surface area contributed by atoms with Crippen LogP contribution in [0.2, 0.25) is 0 Å². The zero-order valence-electron chi connectivity index (χ0n) is 8.75. The van der Waals surface area contributed by atoms with Crippen molar-refractivity contribution in [3.05, 3.63) is 29.6 Å². The number of carboxylic acid groups (broad SMARTS) is 1. The van der Waals surface area contributed by atoms with E-state index in [1.54, 1.807) is 26.0 Å². The number of hydrogen-bond donors (Lipinski definition) is 2. The van der Waals surface area contributed by atoms with E-state index in [4.69, 9.17) is 5.11 Å². The van der Waals surface area contributed by atoms with Gasteiger partial charge in [-0.3, -0.25) is 0 Å². The van der Waals surface area contributed by atoms with Gasteiger partial charge in [0.25, 0.3) is 0 Å². The van der Waals surface area contributed by atoms with Crippen molar-refractivity contribution in [3.8, 4) is 0 Å². The van der Waals surface area contributed by atoms with Gasteiger partial charge >= 0.3 is 5.97 Å². The normalized spacial score (nSPS) is 12.2. The third kappa shape index (κ3) is 2.94. The number of halogens is 1. The van der Waals surface area contributed by atoms with Gasteiger partial charge in [-0.2, -0.15) is 0 Å². The first-order valence-corrected chi connectivity index (χ1v) is 4.80. The van der Waals surface area contributed by atoms with Crippen LogP contribution in [0.3, 0.4) is 0 Å². The van der Waals surface area contributed by atoms with E-state index in [0.717, 1.165) is 0 Å². The summed E-state index contributed by atoms with van der Waals surface area (Å²) in [5, 5.41) is 11.6. The predicted octanol–water partition coefficient (Wildman–Crippen LogP) is 2.41. The van der Waals surface area contributed by atoms with Crippen LogP contribution >= 0.6 is 0 Å². The molecule has 4 heteroatoms. The van der Waals surface area contributed by atoms with Gasteiger partial charge in [0.2, 0.25) is 0 Å². The van der Waals surface area contributed by atoms with Gasteiger partial charge in [0.1, 0.15) is 11.9 Å². The van der Waals surface area contributed by atoms with Gasteiger partial charge in [0.05, 0.1) is 0 Å². The van der Waals surface area contributed by atoms with Crippen molar-refractivity contribution in [1.82, 2.24) is 0 Å². The molecule has 0 spiro atoms. The fraction of sp³-hybridized carbons (Fsp3) is 0.364. The largest absolute Gasteiger partial charge is 0.480 e. The minimum atomic E-state index is -0.932. The molecule has 0 aromatic heterocycles. The summed E-state index contributed by atoms with van der Waals surface area (Å²) in [6.07, 6.45) is 0.449. The third-order valence-corrected chi connectivity index (χ3v) is 2.22. The van der Waals surface area contributed by atoms with Crippen LogP contribution in [-0.4, -0.2) is 17.1 Å². The fourth-order valence-corrected chi connectivity index (χ4v) is 1.22. The molecule has 0 bridgehead atoms. The molecule has 1 aromatic carbocycles. The Morgan fingerprint density at radius 1 is 1.60 bits per heavy atom. The van der Waals surface area contributed by atoms with Crippen LogP contribution in [-0.2, 0) is 4.79 Å². The smallest absolute Gasteiger partial charge is 0.326 e. The molecule has 1 unspecified atom stereocenters. The molecule has 15 heavy (non-hydrogen) atoms. The van der Waals surface area contributed by atoms with E-state index < -0.39 is 12.0 Å². The van der Waals surface area contributed by atoms with Gasteiger partial charge in [0.15, 0.2) is 0 Å². The Bertz CT molecular complexity index is 366. The number of benzene rings is 1. The van der Waals surface area contributed by atoms with Crippen molar-refractivity contribution in [2.75, 3.05) is 5.32 Å². The molecule has 0 aliphatic carbocycles. The molecule has 3 nitrogen and oxygen atoms in total. The molecule has 0 saturated heterocycles. The van der Waals surface area contributed by atoms with Crippen LogP contribution in [0.25, 0.3) is 0 Å². The summed E-state index contributed by atoms with van der Waals surface area (Å²) >= 11 is 0. The zero-order valence-corrected chi connectivity index (χ0v) is 8.75. The van der Waals surface area contributed by atoms with Gasteiger partial charge < -0.3 is 10.4 Å². The van der Waals surface area contributed by atoms with Crippen molar-refractivity contribution in [1.29, 1.82) is 0 Å². The van der Waals surface area contributed by atoms with Crippen LogP contribution in [0, 0.1) is 12.7 Å². The highest BCUT2D eigenvalue weighted by atomic mass is 19.1. The number of hydrogen-bond acceptors (Lipinski definition) is 2. The van der Waals surface area contributed by atoms with Crippen LogP contribution in [0.4, 0.5) is 10.1 Å². The number of carbonyl (C=O) groups is 1. The molecule has 82 valence electrons. The van der Waals surface area contributed by atoms with Crippen LogP contribution in [0.15, 0.2) is 18.2 Å². The van der Waals surface area contributed by atoms with Crippen molar-refractivity contribution in [2.45, 2.75) is 26.3 Å². The summed E-state index contributed by atoms with van der Waals surface area (Å²) in [6, 6.07) is 3.92. The standard InChI is InChI=1S/C11H14FNO2/c1-3-10(11(14)15)13-8-5-4-7(2)9(12)6-8/h4-6,10,13H,3H2,1-2H3,(H,14,15). The highest BCUT2D eigenvalue weighted by molar-refractivity contribution is 5.77. The lowest BCUT2D eigenvalue weighted by Crippen LogP contribution is -2.28. The highest BCUT2D eigenvalue weighted by Crippen LogP contribution is 2.15. The summed E-state index contributed by atoms with van der Waals surface area (Å²) in [4.78, 5) is 10.7. The van der Waals surface area contributed by atoms with Crippen molar-refractivity contribution in [3.63, 3.8) is 0 Å². The van der Waals surface area contributed by atoms with Crippen LogP contribution in [0.5, 0.6) is 0 Å². The number of aryl methyl sites for hydroxylation is 1. The first kappa shape index (κ1) is 11.5. The maximum Gasteiger partial charge on any atom is 0.326 e. The Kier molecular flexibility index (Phi) is 3.66. The number of rotatable bonds is 4. The molecular weight excluding hydrogens is 197 g/mol. The molecule has 0 aliphatic heterocycles. The van der Waals surface area contributed by atoms with Crippen molar-refractivity contribution < 1.29 is 14.3 Å². The Labute approximate surface area is 87.9 Å². The molecular formula is C11H14FNO2. The van der Waals surface area contributed by atoms with E-state index in [1.165, 1.54) is 6.07 Å². The van der Waals surface area contributed by atoms with E-state index in [1.807, 2.05) is 0 Å². The summed E-state index contributed by atoms with van der Waals surface area (Å²) in [5.41, 5.74) is 1.04. The average molecular weight is 211 g/mol. The van der Waals surface area contributed by atoms with Gasteiger partial charge in [-0.05, 0) is 31.0 Å². The van der Waals surface area contributed by atoms with E-state index in [-0.39, 0.29) is 5.82 Å². The predicted molar refractivity (Wildman–Crippen MR) is 56.5 cm³/mol. The molecule has 0 aliphatic rings. The van der Waals surface area contributed by atoms with Gasteiger partial charge in [0, 0.05) is 5.69 Å². The Balaban J connectivity index is 2.80. The van der Waals surface area contributed by atoms with Crippen LogP contribution in [0.1, 0.15) is 18.9 Å². The molecule has 1 atom stereocenters. The summed E-state index contributed by atoms with van der Waals surface area (Å²) in [5.74, 6) is -1.27. The summed E-state index contributed by atoms with van der Waals surface area (Å²) in [6.45, 7) is 3.42. The maximum atomic E-state index is 13.1. The third-order valence-electron chi connectivity index (χ3n) is 2.22. The maximum absolute atomic E-state index is 13.1. The molecule has 0 saturated carbocycles. The summed E-state index contributed by atoms with van der Waals surface area (Å²) in [7, 11) is 0. The first-order chi connectivity index (χ1) is 7.04. The lowest BCUT2D eigenvalue weighted by molar-refractivity contribution is -0.137. The second-order valence-electron chi connectivity index (χ2n) is 3.41. The molecule has 0 radical (unpaired) electrons. The Morgan fingerprint density at radius 3 is 2.73 bits per heavy atom. The second kappa shape index (κ2) is 4.77. The Morgan fingerprint density at radius 2 is 2.27 bits per heavy atom. The quantitative estimate of drug-likeness (QED) is 0.804. The second-order valence-corrected chi connectivity index (χ2v) is 3.41. The number of carboxylic acids is 1. The first-order valence-electron chi connectivity index (χ1n) is 4.80. The molecule has 0 amide bonds. The molecule has 2 N–H and O–H groups in total. The highest BCUT2D eigenvalue weighted by Gasteiger charge is 2.14. The van der Waals surface area contributed by atoms with E-state index in [0.29, 0.717) is 17.7 Å². The van der Waals surface area contributed by atoms with E-state index in [2.05, 4.69) is 5.32 Å². The Hall–Kier alpha value is -1.58. The van der Waals surface area contributed by atoms with E-state index in [9.17, 15) is 9.18 Å². The lowest BCUT2D eigenvalue weighted by Gasteiger charge is -2.13. The molecule has 0 fully saturated rings. The minimum Gasteiger partial charge on any atom is -0.480 e. The van der Waals surface area contributed by atoms with E-state index >= 15 is 0 Å². The van der Waals surface area contributed by atoms with Crippen molar-refractivity contribution in [2.24, 2.45) is 0 Å².